The molecule has 0 saturated carbocycles. The number of aromatic hydroxyl groups is 1. The average molecular weight is 246 g/mol. The molecule has 2 N–H and O–H groups in total. The quantitative estimate of drug-likeness (QED) is 0.867. The lowest BCUT2D eigenvalue weighted by Crippen LogP contribution is -2.22. The van der Waals surface area contributed by atoms with E-state index in [-0.39, 0.29) is 23.8 Å². The highest BCUT2D eigenvalue weighted by Gasteiger charge is 2.12. The molecule has 1 heterocycles. The standard InChI is InChI=1S/C13H14N2O3/c1-8-4-3-5-11(12(8)16)13(17)14-7-10-6-9(2)15-18-10/h3-6,16H,7H2,1-2H3,(H,14,17). The molecule has 0 aliphatic rings. The summed E-state index contributed by atoms with van der Waals surface area (Å²) in [5.41, 5.74) is 1.68. The van der Waals surface area contributed by atoms with Gasteiger partial charge in [0.1, 0.15) is 5.75 Å². The van der Waals surface area contributed by atoms with Gasteiger partial charge in [0.2, 0.25) is 0 Å². The van der Waals surface area contributed by atoms with E-state index in [0.717, 1.165) is 5.69 Å². The molecule has 5 heteroatoms. The largest absolute Gasteiger partial charge is 0.507 e. The number of carbonyl (C=O) groups is 1. The Balaban J connectivity index is 2.06. The van der Waals surface area contributed by atoms with Crippen molar-refractivity contribution in [3.63, 3.8) is 0 Å². The summed E-state index contributed by atoms with van der Waals surface area (Å²) in [5, 5.41) is 16.2. The smallest absolute Gasteiger partial charge is 0.255 e. The van der Waals surface area contributed by atoms with Crippen LogP contribution in [0.1, 0.15) is 27.4 Å². The molecule has 2 aromatic rings. The number of phenols is 1. The minimum atomic E-state index is -0.342. The second-order valence-corrected chi connectivity index (χ2v) is 4.09. The normalized spacial score (nSPS) is 10.3. The zero-order chi connectivity index (χ0) is 13.1. The third kappa shape index (κ3) is 2.51. The van der Waals surface area contributed by atoms with Gasteiger partial charge in [-0.25, -0.2) is 0 Å². The Hall–Kier alpha value is -2.30. The number of aromatic nitrogens is 1. The number of benzene rings is 1. The number of nitrogens with one attached hydrogen (secondary N) is 1. The van der Waals surface area contributed by atoms with Crippen molar-refractivity contribution >= 4 is 5.91 Å². The first-order valence-electron chi connectivity index (χ1n) is 5.57. The molecule has 0 fully saturated rings. The van der Waals surface area contributed by atoms with E-state index in [4.69, 9.17) is 4.52 Å². The maximum Gasteiger partial charge on any atom is 0.255 e. The number of nitrogens with zero attached hydrogens (tertiary/aromatic N) is 1. The molecule has 0 atom stereocenters. The molecule has 0 bridgehead atoms. The van der Waals surface area contributed by atoms with Crippen LogP contribution in [0.25, 0.3) is 0 Å². The summed E-state index contributed by atoms with van der Waals surface area (Å²) in [4.78, 5) is 11.9. The lowest BCUT2D eigenvalue weighted by atomic mass is 10.1. The van der Waals surface area contributed by atoms with E-state index >= 15 is 0 Å². The number of hydrogen-bond acceptors (Lipinski definition) is 4. The summed E-state index contributed by atoms with van der Waals surface area (Å²) in [5.74, 6) is 0.238. The number of para-hydroxylation sites is 1. The van der Waals surface area contributed by atoms with Crippen LogP contribution in [0.5, 0.6) is 5.75 Å². The van der Waals surface area contributed by atoms with E-state index in [1.165, 1.54) is 0 Å². The van der Waals surface area contributed by atoms with Crippen LogP contribution in [-0.4, -0.2) is 16.2 Å². The van der Waals surface area contributed by atoms with Crippen molar-refractivity contribution in [1.29, 1.82) is 0 Å². The minimum Gasteiger partial charge on any atom is -0.507 e. The maximum atomic E-state index is 11.9. The first kappa shape index (κ1) is 12.2. The fraction of sp³-hybridized carbons (Fsp3) is 0.231. The van der Waals surface area contributed by atoms with Crippen LogP contribution in [0.3, 0.4) is 0 Å². The molecule has 94 valence electrons. The van der Waals surface area contributed by atoms with Crippen LogP contribution in [0.4, 0.5) is 0 Å². The lowest BCUT2D eigenvalue weighted by Gasteiger charge is -2.06. The Morgan fingerprint density at radius 1 is 1.44 bits per heavy atom. The predicted molar refractivity (Wildman–Crippen MR) is 65.3 cm³/mol. The predicted octanol–water partition coefficient (Wildman–Crippen LogP) is 1.93. The van der Waals surface area contributed by atoms with Crippen molar-refractivity contribution in [2.45, 2.75) is 20.4 Å². The van der Waals surface area contributed by atoms with Crippen molar-refractivity contribution in [2.75, 3.05) is 0 Å². The molecule has 5 nitrogen and oxygen atoms in total. The zero-order valence-electron chi connectivity index (χ0n) is 10.2. The van der Waals surface area contributed by atoms with E-state index in [9.17, 15) is 9.90 Å². The molecule has 0 aliphatic carbocycles. The number of aryl methyl sites for hydroxylation is 2. The average Bonchev–Trinajstić information content (AvgIpc) is 2.76. The maximum absolute atomic E-state index is 11.9. The molecule has 1 amide bonds. The van der Waals surface area contributed by atoms with Crippen LogP contribution in [0.2, 0.25) is 0 Å². The molecule has 0 radical (unpaired) electrons. The Morgan fingerprint density at radius 2 is 2.22 bits per heavy atom. The van der Waals surface area contributed by atoms with E-state index in [1.54, 1.807) is 38.1 Å². The highest BCUT2D eigenvalue weighted by molar-refractivity contribution is 5.97. The van der Waals surface area contributed by atoms with Crippen molar-refractivity contribution in [3.05, 3.63) is 46.8 Å². The number of hydrogen-bond donors (Lipinski definition) is 2. The molecule has 18 heavy (non-hydrogen) atoms. The Morgan fingerprint density at radius 3 is 2.89 bits per heavy atom. The molecule has 1 aromatic carbocycles. The second kappa shape index (κ2) is 4.91. The number of phenolic OH excluding ortho intramolecular Hbond substituents is 1. The summed E-state index contributed by atoms with van der Waals surface area (Å²) in [6.07, 6.45) is 0. The van der Waals surface area contributed by atoms with Gasteiger partial charge in [0.15, 0.2) is 5.76 Å². The summed E-state index contributed by atoms with van der Waals surface area (Å²) in [6, 6.07) is 6.79. The minimum absolute atomic E-state index is 0.00347. The van der Waals surface area contributed by atoms with Gasteiger partial charge in [-0.3, -0.25) is 4.79 Å². The molecular formula is C13H14N2O3. The van der Waals surface area contributed by atoms with Crippen LogP contribution < -0.4 is 5.32 Å². The Bertz CT molecular complexity index is 575. The Labute approximate surface area is 104 Å². The zero-order valence-corrected chi connectivity index (χ0v) is 10.2. The van der Waals surface area contributed by atoms with Crippen molar-refractivity contribution < 1.29 is 14.4 Å². The van der Waals surface area contributed by atoms with Gasteiger partial charge in [0.25, 0.3) is 5.91 Å². The van der Waals surface area contributed by atoms with Gasteiger partial charge in [-0.05, 0) is 25.5 Å². The monoisotopic (exact) mass is 246 g/mol. The number of carbonyl (C=O) groups excluding carboxylic acids is 1. The van der Waals surface area contributed by atoms with E-state index in [1.807, 2.05) is 0 Å². The molecule has 2 rings (SSSR count). The van der Waals surface area contributed by atoms with Crippen molar-refractivity contribution in [1.82, 2.24) is 10.5 Å². The van der Waals surface area contributed by atoms with Gasteiger partial charge in [-0.2, -0.15) is 0 Å². The van der Waals surface area contributed by atoms with Crippen molar-refractivity contribution in [3.8, 4) is 5.75 Å². The van der Waals surface area contributed by atoms with Gasteiger partial charge in [-0.1, -0.05) is 17.3 Å². The molecular weight excluding hydrogens is 232 g/mol. The number of amides is 1. The van der Waals surface area contributed by atoms with Gasteiger partial charge in [-0.15, -0.1) is 0 Å². The highest BCUT2D eigenvalue weighted by Crippen LogP contribution is 2.21. The van der Waals surface area contributed by atoms with E-state index in [0.29, 0.717) is 11.3 Å². The fourth-order valence-electron chi connectivity index (χ4n) is 1.60. The number of rotatable bonds is 3. The second-order valence-electron chi connectivity index (χ2n) is 4.09. The van der Waals surface area contributed by atoms with Crippen LogP contribution in [-0.2, 0) is 6.54 Å². The molecule has 0 spiro atoms. The molecule has 0 saturated heterocycles. The molecule has 0 aliphatic heterocycles. The van der Waals surface area contributed by atoms with Gasteiger partial charge < -0.3 is 14.9 Å². The molecule has 0 unspecified atom stereocenters. The first-order valence-corrected chi connectivity index (χ1v) is 5.57. The SMILES string of the molecule is Cc1cc(CNC(=O)c2cccc(C)c2O)on1. The topological polar surface area (TPSA) is 75.4 Å². The third-order valence-corrected chi connectivity index (χ3v) is 2.58. The summed E-state index contributed by atoms with van der Waals surface area (Å²) in [7, 11) is 0. The van der Waals surface area contributed by atoms with Crippen LogP contribution in [0.15, 0.2) is 28.8 Å². The first-order chi connectivity index (χ1) is 8.58. The summed E-state index contributed by atoms with van der Waals surface area (Å²) in [6.45, 7) is 3.79. The molecule has 1 aromatic heterocycles. The van der Waals surface area contributed by atoms with Gasteiger partial charge in [0, 0.05) is 6.07 Å². The third-order valence-electron chi connectivity index (χ3n) is 2.58. The van der Waals surface area contributed by atoms with Gasteiger partial charge >= 0.3 is 0 Å². The van der Waals surface area contributed by atoms with Crippen molar-refractivity contribution in [2.24, 2.45) is 0 Å². The highest BCUT2D eigenvalue weighted by atomic mass is 16.5. The van der Waals surface area contributed by atoms with E-state index in [2.05, 4.69) is 10.5 Å². The lowest BCUT2D eigenvalue weighted by molar-refractivity contribution is 0.0944. The fourth-order valence-corrected chi connectivity index (χ4v) is 1.60. The summed E-state index contributed by atoms with van der Waals surface area (Å²) < 4.78 is 4.98. The van der Waals surface area contributed by atoms with E-state index < -0.39 is 0 Å². The van der Waals surface area contributed by atoms with Crippen LogP contribution in [0, 0.1) is 13.8 Å². The Kier molecular flexibility index (Phi) is 3.32. The van der Waals surface area contributed by atoms with Gasteiger partial charge in [0.05, 0.1) is 17.8 Å². The van der Waals surface area contributed by atoms with Crippen LogP contribution >= 0.6 is 0 Å². The summed E-state index contributed by atoms with van der Waals surface area (Å²) >= 11 is 0.